The van der Waals surface area contributed by atoms with Crippen LogP contribution in [0.3, 0.4) is 0 Å². The van der Waals surface area contributed by atoms with Crippen LogP contribution in [0.4, 0.5) is 0 Å². The molecule has 2 rings (SSSR count). The molecule has 2 atom stereocenters. The Labute approximate surface area is 104 Å². The summed E-state index contributed by atoms with van der Waals surface area (Å²) in [5.41, 5.74) is 8.84. The minimum atomic E-state index is 0.198. The zero-order chi connectivity index (χ0) is 12.3. The second kappa shape index (κ2) is 5.54. The molecule has 2 N–H and O–H groups in total. The molecule has 2 heteroatoms. The second-order valence-corrected chi connectivity index (χ2v) is 5.08. The quantitative estimate of drug-likeness (QED) is 0.862. The Kier molecular flexibility index (Phi) is 4.06. The maximum absolute atomic E-state index is 6.15. The average Bonchev–Trinajstić information content (AvgIpc) is 2.30. The lowest BCUT2D eigenvalue weighted by molar-refractivity contribution is 0.209. The van der Waals surface area contributed by atoms with Gasteiger partial charge in [-0.05, 0) is 55.9 Å². The number of ether oxygens (including phenoxy) is 1. The number of hydrogen-bond acceptors (Lipinski definition) is 2. The first-order chi connectivity index (χ1) is 8.20. The van der Waals surface area contributed by atoms with Crippen molar-refractivity contribution in [1.29, 1.82) is 0 Å². The van der Waals surface area contributed by atoms with E-state index in [0.717, 1.165) is 31.4 Å². The van der Waals surface area contributed by atoms with E-state index in [2.05, 4.69) is 32.0 Å². The SMILES string of the molecule is CCCC(C)Oc1ccc2c(c1)[C@H](N)CCC2. The number of rotatable bonds is 4. The maximum atomic E-state index is 6.15. The van der Waals surface area contributed by atoms with Crippen LogP contribution < -0.4 is 10.5 Å². The molecule has 0 spiro atoms. The molecule has 94 valence electrons. The van der Waals surface area contributed by atoms with Gasteiger partial charge in [-0.3, -0.25) is 0 Å². The first-order valence-corrected chi connectivity index (χ1v) is 6.75. The van der Waals surface area contributed by atoms with Gasteiger partial charge in [0.05, 0.1) is 6.10 Å². The van der Waals surface area contributed by atoms with Gasteiger partial charge < -0.3 is 10.5 Å². The van der Waals surface area contributed by atoms with Gasteiger partial charge in [0.25, 0.3) is 0 Å². The van der Waals surface area contributed by atoms with Gasteiger partial charge >= 0.3 is 0 Å². The Morgan fingerprint density at radius 2 is 2.29 bits per heavy atom. The van der Waals surface area contributed by atoms with Crippen molar-refractivity contribution in [1.82, 2.24) is 0 Å². The summed E-state index contributed by atoms with van der Waals surface area (Å²) < 4.78 is 5.91. The van der Waals surface area contributed by atoms with E-state index in [-0.39, 0.29) is 12.1 Å². The molecule has 1 aromatic rings. The van der Waals surface area contributed by atoms with Gasteiger partial charge in [-0.2, -0.15) is 0 Å². The van der Waals surface area contributed by atoms with Gasteiger partial charge in [-0.15, -0.1) is 0 Å². The maximum Gasteiger partial charge on any atom is 0.120 e. The molecule has 0 bridgehead atoms. The van der Waals surface area contributed by atoms with Gasteiger partial charge in [0.2, 0.25) is 0 Å². The Balaban J connectivity index is 2.12. The molecule has 1 aliphatic rings. The normalized spacial score (nSPS) is 20.8. The molecule has 0 saturated heterocycles. The van der Waals surface area contributed by atoms with Crippen molar-refractivity contribution in [2.75, 3.05) is 0 Å². The van der Waals surface area contributed by atoms with E-state index in [0.29, 0.717) is 0 Å². The van der Waals surface area contributed by atoms with Crippen molar-refractivity contribution < 1.29 is 4.74 Å². The van der Waals surface area contributed by atoms with Crippen LogP contribution in [0.2, 0.25) is 0 Å². The Morgan fingerprint density at radius 1 is 1.47 bits per heavy atom. The summed E-state index contributed by atoms with van der Waals surface area (Å²) in [6.45, 7) is 4.31. The highest BCUT2D eigenvalue weighted by molar-refractivity contribution is 5.39. The summed E-state index contributed by atoms with van der Waals surface area (Å²) >= 11 is 0. The highest BCUT2D eigenvalue weighted by atomic mass is 16.5. The zero-order valence-corrected chi connectivity index (χ0v) is 10.9. The van der Waals surface area contributed by atoms with E-state index < -0.39 is 0 Å². The molecular formula is C15H23NO. The first kappa shape index (κ1) is 12.4. The average molecular weight is 233 g/mol. The number of hydrogen-bond donors (Lipinski definition) is 1. The van der Waals surface area contributed by atoms with Crippen molar-refractivity contribution in [3.05, 3.63) is 29.3 Å². The van der Waals surface area contributed by atoms with Crippen LogP contribution in [0, 0.1) is 0 Å². The Morgan fingerprint density at radius 3 is 3.06 bits per heavy atom. The summed E-state index contributed by atoms with van der Waals surface area (Å²) in [5, 5.41) is 0. The molecule has 1 aliphatic carbocycles. The lowest BCUT2D eigenvalue weighted by Gasteiger charge is -2.23. The Hall–Kier alpha value is -1.02. The summed E-state index contributed by atoms with van der Waals surface area (Å²) in [5.74, 6) is 0.974. The van der Waals surface area contributed by atoms with Crippen LogP contribution in [0.1, 0.15) is 56.7 Å². The van der Waals surface area contributed by atoms with E-state index in [1.54, 1.807) is 0 Å². The van der Waals surface area contributed by atoms with Crippen molar-refractivity contribution >= 4 is 0 Å². The molecule has 0 aromatic heterocycles. The van der Waals surface area contributed by atoms with E-state index in [9.17, 15) is 0 Å². The van der Waals surface area contributed by atoms with Gasteiger partial charge in [-0.25, -0.2) is 0 Å². The van der Waals surface area contributed by atoms with Crippen molar-refractivity contribution in [3.8, 4) is 5.75 Å². The van der Waals surface area contributed by atoms with Crippen LogP contribution in [0.25, 0.3) is 0 Å². The van der Waals surface area contributed by atoms with E-state index in [1.807, 2.05) is 0 Å². The predicted octanol–water partition coefficient (Wildman–Crippen LogP) is 3.59. The summed E-state index contributed by atoms with van der Waals surface area (Å²) in [6.07, 6.45) is 6.02. The highest BCUT2D eigenvalue weighted by Gasteiger charge is 2.17. The van der Waals surface area contributed by atoms with Crippen LogP contribution in [0.15, 0.2) is 18.2 Å². The molecule has 2 nitrogen and oxygen atoms in total. The van der Waals surface area contributed by atoms with E-state index >= 15 is 0 Å². The molecule has 0 saturated carbocycles. The Bertz CT molecular complexity index is 375. The van der Waals surface area contributed by atoms with Crippen molar-refractivity contribution in [2.45, 2.75) is 58.1 Å². The van der Waals surface area contributed by atoms with Crippen LogP contribution >= 0.6 is 0 Å². The lowest BCUT2D eigenvalue weighted by Crippen LogP contribution is -2.18. The number of nitrogens with two attached hydrogens (primary N) is 1. The molecule has 0 radical (unpaired) electrons. The predicted molar refractivity (Wildman–Crippen MR) is 71.3 cm³/mol. The standard InChI is InChI=1S/C15H23NO/c1-3-5-11(2)17-13-9-8-12-6-4-7-15(16)14(12)10-13/h8-11,15H,3-7,16H2,1-2H3/t11?,15-/m1/s1. The molecule has 0 aliphatic heterocycles. The summed E-state index contributed by atoms with van der Waals surface area (Å²) in [6, 6.07) is 6.61. The third kappa shape index (κ3) is 3.01. The number of aryl methyl sites for hydroxylation is 1. The van der Waals surface area contributed by atoms with Crippen molar-refractivity contribution in [2.24, 2.45) is 5.73 Å². The smallest absolute Gasteiger partial charge is 0.120 e. The van der Waals surface area contributed by atoms with Gasteiger partial charge in [0.1, 0.15) is 5.75 Å². The molecule has 1 unspecified atom stereocenters. The molecule has 0 amide bonds. The molecule has 0 heterocycles. The van der Waals surface area contributed by atoms with E-state index in [4.69, 9.17) is 10.5 Å². The number of benzene rings is 1. The fourth-order valence-corrected chi connectivity index (χ4v) is 2.58. The molecule has 1 aromatic carbocycles. The first-order valence-electron chi connectivity index (χ1n) is 6.75. The summed E-state index contributed by atoms with van der Waals surface area (Å²) in [4.78, 5) is 0. The molecule has 0 fully saturated rings. The lowest BCUT2D eigenvalue weighted by atomic mass is 9.88. The van der Waals surface area contributed by atoms with Gasteiger partial charge in [0.15, 0.2) is 0 Å². The molecular weight excluding hydrogens is 210 g/mol. The van der Waals surface area contributed by atoms with Crippen LogP contribution in [0.5, 0.6) is 5.75 Å². The third-order valence-corrected chi connectivity index (χ3v) is 3.51. The second-order valence-electron chi connectivity index (χ2n) is 5.08. The van der Waals surface area contributed by atoms with Crippen LogP contribution in [-0.2, 0) is 6.42 Å². The van der Waals surface area contributed by atoms with E-state index in [1.165, 1.54) is 17.5 Å². The van der Waals surface area contributed by atoms with Crippen molar-refractivity contribution in [3.63, 3.8) is 0 Å². The van der Waals surface area contributed by atoms with Crippen LogP contribution in [-0.4, -0.2) is 6.10 Å². The fourth-order valence-electron chi connectivity index (χ4n) is 2.58. The molecule has 17 heavy (non-hydrogen) atoms. The third-order valence-electron chi connectivity index (χ3n) is 3.51. The fraction of sp³-hybridized carbons (Fsp3) is 0.600. The number of fused-ring (bicyclic) bond motifs is 1. The monoisotopic (exact) mass is 233 g/mol. The van der Waals surface area contributed by atoms with Gasteiger partial charge in [-0.1, -0.05) is 19.4 Å². The highest BCUT2D eigenvalue weighted by Crippen LogP contribution is 2.31. The minimum absolute atomic E-state index is 0.198. The zero-order valence-electron chi connectivity index (χ0n) is 10.9. The topological polar surface area (TPSA) is 35.2 Å². The summed E-state index contributed by atoms with van der Waals surface area (Å²) in [7, 11) is 0. The van der Waals surface area contributed by atoms with Gasteiger partial charge in [0, 0.05) is 6.04 Å². The minimum Gasteiger partial charge on any atom is -0.491 e. The largest absolute Gasteiger partial charge is 0.491 e.